The first-order valence-electron chi connectivity index (χ1n) is 6.27. The molecular weight excluding hydrogens is 383 g/mol. The van der Waals surface area contributed by atoms with Crippen LogP contribution in [0, 0.1) is 3.57 Å². The maximum atomic E-state index is 12.1. The highest BCUT2D eigenvalue weighted by Gasteiger charge is 2.14. The lowest BCUT2D eigenvalue weighted by atomic mass is 10.2. The largest absolute Gasteiger partial charge is 0.497 e. The fraction of sp³-hybridized carbons (Fsp3) is 0.188. The molecule has 0 bridgehead atoms. The number of halogens is 1. The summed E-state index contributed by atoms with van der Waals surface area (Å²) in [5, 5.41) is 0. The molecule has 5 heteroatoms. The van der Waals surface area contributed by atoms with Crippen molar-refractivity contribution < 1.29 is 19.0 Å². The van der Waals surface area contributed by atoms with Gasteiger partial charge in [-0.2, -0.15) is 0 Å². The van der Waals surface area contributed by atoms with Crippen molar-refractivity contribution in [3.63, 3.8) is 0 Å². The van der Waals surface area contributed by atoms with Gasteiger partial charge in [0.2, 0.25) is 0 Å². The number of benzene rings is 2. The smallest absolute Gasteiger partial charge is 0.342 e. The lowest BCUT2D eigenvalue weighted by molar-refractivity contribution is 0.0469. The van der Waals surface area contributed by atoms with E-state index in [-0.39, 0.29) is 6.61 Å². The molecule has 110 valence electrons. The van der Waals surface area contributed by atoms with Crippen molar-refractivity contribution in [2.45, 2.75) is 6.61 Å². The molecular formula is C16H15IO4. The minimum Gasteiger partial charge on any atom is -0.497 e. The molecule has 0 N–H and O–H groups in total. The third-order valence-electron chi connectivity index (χ3n) is 2.91. The van der Waals surface area contributed by atoms with Gasteiger partial charge in [-0.1, -0.05) is 12.1 Å². The van der Waals surface area contributed by atoms with Gasteiger partial charge in [-0.25, -0.2) is 4.79 Å². The number of ether oxygens (including phenoxy) is 3. The van der Waals surface area contributed by atoms with Crippen LogP contribution in [0.3, 0.4) is 0 Å². The van der Waals surface area contributed by atoms with E-state index >= 15 is 0 Å². The SMILES string of the molecule is COc1ccc(COC(=O)c2cc(I)ccc2OC)cc1. The monoisotopic (exact) mass is 398 g/mol. The molecule has 0 amide bonds. The Bertz CT molecular complexity index is 623. The van der Waals surface area contributed by atoms with Crippen molar-refractivity contribution in [3.05, 3.63) is 57.2 Å². The second-order valence-corrected chi connectivity index (χ2v) is 5.51. The average molecular weight is 398 g/mol. The Labute approximate surface area is 137 Å². The van der Waals surface area contributed by atoms with Crippen LogP contribution in [0.1, 0.15) is 15.9 Å². The van der Waals surface area contributed by atoms with E-state index in [0.29, 0.717) is 11.3 Å². The Morgan fingerprint density at radius 1 is 1.05 bits per heavy atom. The van der Waals surface area contributed by atoms with E-state index in [1.54, 1.807) is 19.2 Å². The number of hydrogen-bond donors (Lipinski definition) is 0. The van der Waals surface area contributed by atoms with Crippen molar-refractivity contribution in [1.82, 2.24) is 0 Å². The van der Waals surface area contributed by atoms with Crippen LogP contribution in [0.2, 0.25) is 0 Å². The molecule has 2 aromatic rings. The van der Waals surface area contributed by atoms with E-state index in [4.69, 9.17) is 14.2 Å². The predicted octanol–water partition coefficient (Wildman–Crippen LogP) is 3.67. The van der Waals surface area contributed by atoms with Crippen LogP contribution in [0.4, 0.5) is 0 Å². The summed E-state index contributed by atoms with van der Waals surface area (Å²) in [6.07, 6.45) is 0. The van der Waals surface area contributed by atoms with Crippen molar-refractivity contribution in [2.24, 2.45) is 0 Å². The Balaban J connectivity index is 2.05. The van der Waals surface area contributed by atoms with E-state index in [1.165, 1.54) is 7.11 Å². The molecule has 2 aromatic carbocycles. The van der Waals surface area contributed by atoms with Crippen molar-refractivity contribution in [1.29, 1.82) is 0 Å². The molecule has 0 fully saturated rings. The second kappa shape index (κ2) is 7.31. The first kappa shape index (κ1) is 15.6. The zero-order chi connectivity index (χ0) is 15.2. The fourth-order valence-electron chi connectivity index (χ4n) is 1.79. The predicted molar refractivity (Wildman–Crippen MR) is 87.8 cm³/mol. The molecule has 0 saturated carbocycles. The van der Waals surface area contributed by atoms with Crippen molar-refractivity contribution in [2.75, 3.05) is 14.2 Å². The zero-order valence-corrected chi connectivity index (χ0v) is 13.9. The Morgan fingerprint density at radius 2 is 1.76 bits per heavy atom. The molecule has 2 rings (SSSR count). The van der Waals surface area contributed by atoms with Crippen molar-refractivity contribution >= 4 is 28.6 Å². The number of esters is 1. The van der Waals surface area contributed by atoms with Gasteiger partial charge in [0.1, 0.15) is 23.7 Å². The molecule has 21 heavy (non-hydrogen) atoms. The molecule has 0 aromatic heterocycles. The summed E-state index contributed by atoms with van der Waals surface area (Å²) >= 11 is 2.14. The van der Waals surface area contributed by atoms with Crippen LogP contribution in [-0.4, -0.2) is 20.2 Å². The minimum atomic E-state index is -0.402. The van der Waals surface area contributed by atoms with Gasteiger partial charge < -0.3 is 14.2 Å². The number of rotatable bonds is 5. The lowest BCUT2D eigenvalue weighted by Gasteiger charge is -2.09. The fourth-order valence-corrected chi connectivity index (χ4v) is 2.28. The third kappa shape index (κ3) is 4.10. The van der Waals surface area contributed by atoms with Crippen LogP contribution < -0.4 is 9.47 Å². The van der Waals surface area contributed by atoms with Gasteiger partial charge >= 0.3 is 5.97 Å². The van der Waals surface area contributed by atoms with E-state index in [9.17, 15) is 4.79 Å². The van der Waals surface area contributed by atoms with Gasteiger partial charge in [-0.3, -0.25) is 0 Å². The Hall–Kier alpha value is -1.76. The molecule has 0 unspecified atom stereocenters. The summed E-state index contributed by atoms with van der Waals surface area (Å²) in [4.78, 5) is 12.1. The molecule has 0 aliphatic carbocycles. The molecule has 0 saturated heterocycles. The number of carbonyl (C=O) groups is 1. The molecule has 4 nitrogen and oxygen atoms in total. The van der Waals surface area contributed by atoms with E-state index in [0.717, 1.165) is 14.9 Å². The van der Waals surface area contributed by atoms with Gasteiger partial charge in [0.25, 0.3) is 0 Å². The van der Waals surface area contributed by atoms with Gasteiger partial charge in [-0.05, 0) is 58.5 Å². The summed E-state index contributed by atoms with van der Waals surface area (Å²) in [7, 11) is 3.14. The Morgan fingerprint density at radius 3 is 2.38 bits per heavy atom. The average Bonchev–Trinajstić information content (AvgIpc) is 2.53. The summed E-state index contributed by atoms with van der Waals surface area (Å²) in [5.74, 6) is 0.876. The number of methoxy groups -OCH3 is 2. The summed E-state index contributed by atoms with van der Waals surface area (Å²) in [6, 6.07) is 12.8. The van der Waals surface area contributed by atoms with Crippen molar-refractivity contribution in [3.8, 4) is 11.5 Å². The number of carbonyl (C=O) groups excluding carboxylic acids is 1. The zero-order valence-electron chi connectivity index (χ0n) is 11.8. The molecule has 0 spiro atoms. The summed E-state index contributed by atoms with van der Waals surface area (Å²) in [6.45, 7) is 0.206. The normalized spacial score (nSPS) is 10.0. The second-order valence-electron chi connectivity index (χ2n) is 4.27. The Kier molecular flexibility index (Phi) is 5.44. The number of hydrogen-bond acceptors (Lipinski definition) is 4. The first-order valence-corrected chi connectivity index (χ1v) is 7.35. The molecule has 0 atom stereocenters. The quantitative estimate of drug-likeness (QED) is 0.570. The third-order valence-corrected chi connectivity index (χ3v) is 3.58. The van der Waals surface area contributed by atoms with Crippen LogP contribution >= 0.6 is 22.6 Å². The maximum Gasteiger partial charge on any atom is 0.342 e. The van der Waals surface area contributed by atoms with E-state index < -0.39 is 5.97 Å². The van der Waals surface area contributed by atoms with Crippen LogP contribution in [-0.2, 0) is 11.3 Å². The highest BCUT2D eigenvalue weighted by Crippen LogP contribution is 2.22. The van der Waals surface area contributed by atoms with Crippen LogP contribution in [0.5, 0.6) is 11.5 Å². The first-order chi connectivity index (χ1) is 10.1. The van der Waals surface area contributed by atoms with Crippen LogP contribution in [0.25, 0.3) is 0 Å². The lowest BCUT2D eigenvalue weighted by Crippen LogP contribution is -2.07. The topological polar surface area (TPSA) is 44.8 Å². The summed E-state index contributed by atoms with van der Waals surface area (Å²) in [5.41, 5.74) is 1.33. The molecule has 0 heterocycles. The van der Waals surface area contributed by atoms with Gasteiger partial charge in [-0.15, -0.1) is 0 Å². The van der Waals surface area contributed by atoms with E-state index in [1.807, 2.05) is 30.3 Å². The maximum absolute atomic E-state index is 12.1. The molecule has 0 aliphatic heterocycles. The van der Waals surface area contributed by atoms with Gasteiger partial charge in [0, 0.05) is 3.57 Å². The minimum absolute atomic E-state index is 0.206. The van der Waals surface area contributed by atoms with Crippen LogP contribution in [0.15, 0.2) is 42.5 Å². The van der Waals surface area contributed by atoms with E-state index in [2.05, 4.69) is 22.6 Å². The van der Waals surface area contributed by atoms with Gasteiger partial charge in [0.05, 0.1) is 14.2 Å². The molecule has 0 radical (unpaired) electrons. The standard InChI is InChI=1S/C16H15IO4/c1-19-13-6-3-11(4-7-13)10-21-16(18)14-9-12(17)5-8-15(14)20-2/h3-9H,10H2,1-2H3. The highest BCUT2D eigenvalue weighted by molar-refractivity contribution is 14.1. The highest BCUT2D eigenvalue weighted by atomic mass is 127. The van der Waals surface area contributed by atoms with Gasteiger partial charge in [0.15, 0.2) is 0 Å². The molecule has 0 aliphatic rings. The summed E-state index contributed by atoms with van der Waals surface area (Å²) < 4.78 is 16.5.